The van der Waals surface area contributed by atoms with Gasteiger partial charge in [-0.25, -0.2) is 0 Å². The maximum Gasteiger partial charge on any atom is 0.261 e. The number of thiophene rings is 1. The van der Waals surface area contributed by atoms with Gasteiger partial charge >= 0.3 is 0 Å². The summed E-state index contributed by atoms with van der Waals surface area (Å²) in [6, 6.07) is 10.5. The van der Waals surface area contributed by atoms with Crippen molar-refractivity contribution in [1.82, 2.24) is 0 Å². The third kappa shape index (κ3) is 3.88. The van der Waals surface area contributed by atoms with E-state index in [0.717, 1.165) is 23.6 Å². The molecule has 0 fully saturated rings. The zero-order valence-electron chi connectivity index (χ0n) is 13.0. The lowest BCUT2D eigenvalue weighted by molar-refractivity contribution is 0.217. The third-order valence-corrected chi connectivity index (χ3v) is 5.02. The Balaban J connectivity index is 1.86. The van der Waals surface area contributed by atoms with Crippen LogP contribution < -0.4 is 10.2 Å². The maximum atomic E-state index is 5.60. The van der Waals surface area contributed by atoms with Crippen molar-refractivity contribution < 1.29 is 4.74 Å². The largest absolute Gasteiger partial charge is 0.467 e. The Bertz CT molecular complexity index is 727. The molecule has 0 amide bonds. The Hall–Kier alpha value is -1.50. The van der Waals surface area contributed by atoms with Crippen molar-refractivity contribution in [1.29, 1.82) is 0 Å². The highest BCUT2D eigenvalue weighted by Crippen LogP contribution is 2.27. The van der Waals surface area contributed by atoms with Crippen LogP contribution in [0.15, 0.2) is 35.7 Å². The van der Waals surface area contributed by atoms with Crippen LogP contribution in [0.25, 0.3) is 0 Å². The topological polar surface area (TPSA) is 24.5 Å². The van der Waals surface area contributed by atoms with Crippen LogP contribution in [0.4, 0.5) is 10.7 Å². The minimum Gasteiger partial charge on any atom is -0.467 e. The first-order valence-electron chi connectivity index (χ1n) is 7.44. The number of thiocarbonyl (C=S) groups is 2. The molecule has 2 aromatic rings. The second kappa shape index (κ2) is 6.95. The van der Waals surface area contributed by atoms with Crippen LogP contribution in [-0.4, -0.2) is 16.3 Å². The number of nitrogens with one attached hydrogen (secondary N) is 1. The Morgan fingerprint density at radius 2 is 2.26 bits per heavy atom. The molecule has 1 aromatic heterocycles. The first-order chi connectivity index (χ1) is 11.0. The smallest absolute Gasteiger partial charge is 0.261 e. The average Bonchev–Trinajstić information content (AvgIpc) is 2.95. The molecule has 1 N–H and O–H groups in total. The van der Waals surface area contributed by atoms with E-state index in [2.05, 4.69) is 39.9 Å². The van der Waals surface area contributed by atoms with Gasteiger partial charge in [0.2, 0.25) is 0 Å². The van der Waals surface area contributed by atoms with E-state index in [1.165, 1.54) is 16.1 Å². The molecule has 120 valence electrons. The summed E-state index contributed by atoms with van der Waals surface area (Å²) in [7, 11) is 0. The zero-order valence-corrected chi connectivity index (χ0v) is 15.5. The Morgan fingerprint density at radius 1 is 1.43 bits per heavy atom. The highest BCUT2D eigenvalue weighted by atomic mass is 32.1. The van der Waals surface area contributed by atoms with Crippen molar-refractivity contribution in [2.24, 2.45) is 0 Å². The number of nitrogens with zero attached hydrogens (tertiary/aromatic N) is 1. The molecular formula is C17H18N2OS3. The lowest BCUT2D eigenvalue weighted by Crippen LogP contribution is -2.25. The quantitative estimate of drug-likeness (QED) is 0.794. The van der Waals surface area contributed by atoms with E-state index in [4.69, 9.17) is 29.2 Å². The SMILES string of the molecule is CC(=S)N(Cc1ccc2c(c1)CC(C)OC(=S)N2)c1cccs1. The summed E-state index contributed by atoms with van der Waals surface area (Å²) in [5, 5.41) is 6.84. The molecule has 1 aliphatic rings. The molecule has 1 unspecified atom stereocenters. The Kier molecular flexibility index (Phi) is 4.94. The Morgan fingerprint density at radius 3 is 2.96 bits per heavy atom. The molecule has 23 heavy (non-hydrogen) atoms. The van der Waals surface area contributed by atoms with Gasteiger partial charge in [-0.05, 0) is 60.8 Å². The first-order valence-corrected chi connectivity index (χ1v) is 9.13. The number of fused-ring (bicyclic) bond motifs is 1. The van der Waals surface area contributed by atoms with Crippen molar-refractivity contribution in [3.63, 3.8) is 0 Å². The van der Waals surface area contributed by atoms with Crippen molar-refractivity contribution in [3.05, 3.63) is 46.8 Å². The summed E-state index contributed by atoms with van der Waals surface area (Å²) in [6.07, 6.45) is 0.915. The number of hydrogen-bond acceptors (Lipinski definition) is 4. The number of rotatable bonds is 3. The number of anilines is 2. The van der Waals surface area contributed by atoms with Crippen LogP contribution in [0.5, 0.6) is 0 Å². The van der Waals surface area contributed by atoms with Crippen molar-refractivity contribution in [2.75, 3.05) is 10.2 Å². The van der Waals surface area contributed by atoms with Crippen molar-refractivity contribution >= 4 is 56.6 Å². The van der Waals surface area contributed by atoms with Gasteiger partial charge in [0, 0.05) is 18.7 Å². The van der Waals surface area contributed by atoms with E-state index in [0.29, 0.717) is 5.17 Å². The molecule has 1 aliphatic heterocycles. The fourth-order valence-corrected chi connectivity index (χ4v) is 3.94. The van der Waals surface area contributed by atoms with Crippen LogP contribution in [0.1, 0.15) is 25.0 Å². The normalized spacial score (nSPS) is 16.8. The predicted octanol–water partition coefficient (Wildman–Crippen LogP) is 4.76. The van der Waals surface area contributed by atoms with E-state index in [1.54, 1.807) is 11.3 Å². The fraction of sp³-hybridized carbons (Fsp3) is 0.294. The monoisotopic (exact) mass is 362 g/mol. The third-order valence-electron chi connectivity index (χ3n) is 3.71. The summed E-state index contributed by atoms with van der Waals surface area (Å²) in [6.45, 7) is 4.77. The van der Waals surface area contributed by atoms with Gasteiger partial charge in [0.1, 0.15) is 6.10 Å². The summed E-state index contributed by atoms with van der Waals surface area (Å²) in [5.74, 6) is 0. The molecule has 0 spiro atoms. The van der Waals surface area contributed by atoms with E-state index >= 15 is 0 Å². The van der Waals surface area contributed by atoms with E-state index < -0.39 is 0 Å². The molecule has 0 aliphatic carbocycles. The van der Waals surface area contributed by atoms with Crippen LogP contribution in [0, 0.1) is 0 Å². The van der Waals surface area contributed by atoms with Gasteiger partial charge in [-0.15, -0.1) is 11.3 Å². The fourth-order valence-electron chi connectivity index (χ4n) is 2.66. The van der Waals surface area contributed by atoms with Gasteiger partial charge in [-0.2, -0.15) is 0 Å². The summed E-state index contributed by atoms with van der Waals surface area (Å²) in [5.41, 5.74) is 3.48. The van der Waals surface area contributed by atoms with Crippen LogP contribution in [0.2, 0.25) is 0 Å². The summed E-state index contributed by atoms with van der Waals surface area (Å²) >= 11 is 12.3. The van der Waals surface area contributed by atoms with Gasteiger partial charge in [-0.1, -0.05) is 24.4 Å². The van der Waals surface area contributed by atoms with Gasteiger partial charge in [0.05, 0.1) is 9.99 Å². The lowest BCUT2D eigenvalue weighted by Gasteiger charge is -2.22. The molecular weight excluding hydrogens is 344 g/mol. The second-order valence-corrected chi connectivity index (χ2v) is 7.48. The van der Waals surface area contributed by atoms with E-state index in [9.17, 15) is 0 Å². The number of ether oxygens (including phenoxy) is 1. The highest BCUT2D eigenvalue weighted by Gasteiger charge is 2.18. The molecule has 0 bridgehead atoms. The molecule has 6 heteroatoms. The standard InChI is InChI=1S/C17H18N2OS3/c1-11-8-14-9-13(5-6-15(14)18-17(22)20-11)10-19(12(2)21)16-4-3-7-23-16/h3-7,9,11H,8,10H2,1-2H3,(H,18,22). The zero-order chi connectivity index (χ0) is 16.4. The molecule has 3 nitrogen and oxygen atoms in total. The van der Waals surface area contributed by atoms with Crippen molar-refractivity contribution in [3.8, 4) is 0 Å². The second-order valence-electron chi connectivity index (χ2n) is 5.59. The molecule has 1 atom stereocenters. The molecule has 2 heterocycles. The maximum absolute atomic E-state index is 5.60. The lowest BCUT2D eigenvalue weighted by atomic mass is 10.0. The van der Waals surface area contributed by atoms with Crippen LogP contribution in [-0.2, 0) is 17.7 Å². The van der Waals surface area contributed by atoms with Gasteiger partial charge in [0.25, 0.3) is 5.17 Å². The molecule has 0 saturated heterocycles. The van der Waals surface area contributed by atoms with Gasteiger partial charge in [0.15, 0.2) is 0 Å². The predicted molar refractivity (Wildman–Crippen MR) is 106 cm³/mol. The minimum absolute atomic E-state index is 0.0761. The van der Waals surface area contributed by atoms with Crippen molar-refractivity contribution in [2.45, 2.75) is 32.9 Å². The van der Waals surface area contributed by atoms with Gasteiger partial charge < -0.3 is 15.0 Å². The molecule has 0 radical (unpaired) electrons. The molecule has 0 saturated carbocycles. The number of benzene rings is 1. The van der Waals surface area contributed by atoms with E-state index in [1.807, 2.05) is 19.9 Å². The summed E-state index contributed by atoms with van der Waals surface area (Å²) in [4.78, 5) is 3.04. The molecule has 1 aromatic carbocycles. The van der Waals surface area contributed by atoms with Crippen LogP contribution >= 0.6 is 35.8 Å². The van der Waals surface area contributed by atoms with Crippen LogP contribution in [0.3, 0.4) is 0 Å². The minimum atomic E-state index is 0.0761. The highest BCUT2D eigenvalue weighted by molar-refractivity contribution is 7.80. The average molecular weight is 363 g/mol. The summed E-state index contributed by atoms with van der Waals surface area (Å²) < 4.78 is 5.60. The van der Waals surface area contributed by atoms with E-state index in [-0.39, 0.29) is 6.10 Å². The van der Waals surface area contributed by atoms with Gasteiger partial charge in [-0.3, -0.25) is 0 Å². The number of hydrogen-bond donors (Lipinski definition) is 1. The first kappa shape index (κ1) is 16.4. The Labute approximate surface area is 151 Å². The molecule has 3 rings (SSSR count).